The molecule has 2 aliphatic rings. The van der Waals surface area contributed by atoms with E-state index in [-0.39, 0.29) is 28.6 Å². The standard InChI is InChI=1S/C16H12F3N3O2.C13H18N2O2.2CH4O/c17-16(18,19)15-20-12-10-5-1-2-6-11(10)24-13(12)14(21-15)22-7-3-4-9(22)8-23;1-3-5-11-12(4-2)15(13(16)14-11)10-6-8-17-9-7-10;2*1-2/h1-2,5-6,8-9H,3-4,7H2;3-5,10H,1,6-9H2,2H3,(H,14,16);2*2H,1H3/b;11-5+,12-4+;;/t9-;;;/m0.../s1. The summed E-state index contributed by atoms with van der Waals surface area (Å²) in [6.45, 7) is 7.51. The first kappa shape index (κ1) is 35.2. The Hall–Kier alpha value is -4.27. The van der Waals surface area contributed by atoms with E-state index in [1.807, 2.05) is 23.6 Å². The van der Waals surface area contributed by atoms with Crippen molar-refractivity contribution in [3.8, 4) is 0 Å². The molecule has 2 aliphatic heterocycles. The van der Waals surface area contributed by atoms with Crippen molar-refractivity contribution >= 4 is 46.3 Å². The summed E-state index contributed by atoms with van der Waals surface area (Å²) in [6.07, 6.45) is 4.60. The number of H-pyrrole nitrogens is 1. The number of imidazole rings is 1. The lowest BCUT2D eigenvalue weighted by Gasteiger charge is -2.22. The summed E-state index contributed by atoms with van der Waals surface area (Å²) in [4.78, 5) is 35.0. The SMILES string of the molecule is C=C/C=c1/[nH]c(=O)n(C2CCOCC2)/c1=C/C.CO.CO.O=C[C@@H]1CCCN1c1nc(C(F)(F)F)nc2c1oc1ccccc12. The molecular formula is C31H38F3N5O6. The van der Waals surface area contributed by atoms with Crippen LogP contribution >= 0.6 is 0 Å². The van der Waals surface area contributed by atoms with E-state index in [0.29, 0.717) is 30.4 Å². The minimum Gasteiger partial charge on any atom is -0.450 e. The number of nitrogens with one attached hydrogen (secondary N) is 1. The van der Waals surface area contributed by atoms with Crippen molar-refractivity contribution in [3.63, 3.8) is 0 Å². The zero-order valence-corrected chi connectivity index (χ0v) is 25.4. The number of halogens is 3. The van der Waals surface area contributed by atoms with Gasteiger partial charge in [-0.1, -0.05) is 30.9 Å². The second-order valence-corrected chi connectivity index (χ2v) is 9.82. The molecule has 6 rings (SSSR count). The molecule has 3 N–H and O–H groups in total. The zero-order chi connectivity index (χ0) is 33.1. The number of benzene rings is 1. The Kier molecular flexibility index (Phi) is 12.6. The molecule has 0 bridgehead atoms. The van der Waals surface area contributed by atoms with Crippen LogP contribution in [-0.4, -0.2) is 76.0 Å². The molecule has 0 amide bonds. The van der Waals surface area contributed by atoms with E-state index in [4.69, 9.17) is 19.4 Å². The van der Waals surface area contributed by atoms with Crippen LogP contribution < -0.4 is 21.3 Å². The lowest BCUT2D eigenvalue weighted by atomic mass is 10.1. The second-order valence-electron chi connectivity index (χ2n) is 9.82. The summed E-state index contributed by atoms with van der Waals surface area (Å²) in [5, 5.41) is 16.3. The summed E-state index contributed by atoms with van der Waals surface area (Å²) in [5.74, 6) is -1.20. The molecule has 4 aromatic rings. The molecule has 3 aromatic heterocycles. The van der Waals surface area contributed by atoms with Gasteiger partial charge in [0.2, 0.25) is 5.82 Å². The van der Waals surface area contributed by atoms with E-state index in [1.165, 1.54) is 0 Å². The molecule has 14 heteroatoms. The van der Waals surface area contributed by atoms with Gasteiger partial charge in [-0.15, -0.1) is 0 Å². The van der Waals surface area contributed by atoms with Gasteiger partial charge in [0.15, 0.2) is 11.4 Å². The lowest BCUT2D eigenvalue weighted by Crippen LogP contribution is -2.37. The van der Waals surface area contributed by atoms with E-state index in [0.717, 1.165) is 57.3 Å². The Morgan fingerprint density at radius 1 is 1.09 bits per heavy atom. The highest BCUT2D eigenvalue weighted by Gasteiger charge is 2.38. The number of carbonyl (C=O) groups excluding carboxylic acids is 1. The van der Waals surface area contributed by atoms with Gasteiger partial charge in [-0.05, 0) is 50.8 Å². The number of nitrogens with zero attached hydrogens (tertiary/aromatic N) is 4. The fourth-order valence-electron chi connectivity index (χ4n) is 5.42. The van der Waals surface area contributed by atoms with Crippen molar-refractivity contribution in [1.82, 2.24) is 19.5 Å². The highest BCUT2D eigenvalue weighted by atomic mass is 19.4. The number of allylic oxidation sites excluding steroid dienone is 1. The quantitative estimate of drug-likeness (QED) is 0.289. The molecule has 0 spiro atoms. The average molecular weight is 634 g/mol. The maximum absolute atomic E-state index is 13.2. The van der Waals surface area contributed by atoms with Crippen LogP contribution in [0.15, 0.2) is 46.1 Å². The minimum absolute atomic E-state index is 0.0260. The number of aliphatic hydroxyl groups is 2. The number of aliphatic hydroxyl groups excluding tert-OH is 2. The maximum atomic E-state index is 13.2. The van der Waals surface area contributed by atoms with Crippen LogP contribution in [0.5, 0.6) is 0 Å². The Balaban J connectivity index is 0.000000232. The van der Waals surface area contributed by atoms with Gasteiger partial charge < -0.3 is 34.0 Å². The van der Waals surface area contributed by atoms with Crippen LogP contribution in [0.2, 0.25) is 0 Å². The van der Waals surface area contributed by atoms with Crippen LogP contribution in [0.3, 0.4) is 0 Å². The van der Waals surface area contributed by atoms with Gasteiger partial charge in [-0.3, -0.25) is 4.57 Å². The molecule has 11 nitrogen and oxygen atoms in total. The molecule has 5 heterocycles. The fourth-order valence-corrected chi connectivity index (χ4v) is 5.42. The highest BCUT2D eigenvalue weighted by molar-refractivity contribution is 6.06. The normalized spacial score (nSPS) is 17.7. The van der Waals surface area contributed by atoms with Gasteiger partial charge in [0.05, 0.1) is 16.7 Å². The summed E-state index contributed by atoms with van der Waals surface area (Å²) < 4.78 is 52.6. The highest BCUT2D eigenvalue weighted by Crippen LogP contribution is 2.38. The average Bonchev–Trinajstić information content (AvgIpc) is 3.78. The molecule has 2 saturated heterocycles. The van der Waals surface area contributed by atoms with E-state index in [1.54, 1.807) is 35.2 Å². The summed E-state index contributed by atoms with van der Waals surface area (Å²) in [7, 11) is 2.00. The fraction of sp³-hybridized carbons (Fsp3) is 0.419. The molecule has 1 aromatic carbocycles. The largest absolute Gasteiger partial charge is 0.451 e. The van der Waals surface area contributed by atoms with Crippen LogP contribution in [0.4, 0.5) is 19.0 Å². The predicted octanol–water partition coefficient (Wildman–Crippen LogP) is 3.07. The van der Waals surface area contributed by atoms with Crippen molar-refractivity contribution in [2.45, 2.75) is 50.9 Å². The van der Waals surface area contributed by atoms with Gasteiger partial charge in [0, 0.05) is 45.4 Å². The number of aromatic amines is 1. The molecule has 1 atom stereocenters. The number of rotatable bonds is 4. The van der Waals surface area contributed by atoms with E-state index >= 15 is 0 Å². The van der Waals surface area contributed by atoms with Crippen LogP contribution in [-0.2, 0) is 15.7 Å². The predicted molar refractivity (Wildman–Crippen MR) is 165 cm³/mol. The molecule has 244 valence electrons. The zero-order valence-electron chi connectivity index (χ0n) is 25.4. The number of carbonyl (C=O) groups is 1. The van der Waals surface area contributed by atoms with Crippen LogP contribution in [0.1, 0.15) is 44.5 Å². The van der Waals surface area contributed by atoms with Gasteiger partial charge >= 0.3 is 11.9 Å². The Morgan fingerprint density at radius 2 is 1.78 bits per heavy atom. The van der Waals surface area contributed by atoms with Crippen LogP contribution in [0.25, 0.3) is 34.2 Å². The van der Waals surface area contributed by atoms with Crippen molar-refractivity contribution in [3.05, 3.63) is 63.9 Å². The second kappa shape index (κ2) is 16.2. The third kappa shape index (κ3) is 7.70. The number of ether oxygens (including phenoxy) is 1. The van der Waals surface area contributed by atoms with Crippen molar-refractivity contribution in [2.75, 3.05) is 38.9 Å². The molecule has 0 saturated carbocycles. The monoisotopic (exact) mass is 633 g/mol. The number of anilines is 1. The number of para-hydroxylation sites is 1. The topological polar surface area (TPSA) is 147 Å². The number of aromatic nitrogens is 4. The molecule has 0 radical (unpaired) electrons. The summed E-state index contributed by atoms with van der Waals surface area (Å²) in [6, 6.07) is 6.49. The van der Waals surface area contributed by atoms with Crippen molar-refractivity contribution in [1.29, 1.82) is 0 Å². The number of aldehydes is 1. The minimum atomic E-state index is -4.68. The number of furan rings is 1. The molecule has 45 heavy (non-hydrogen) atoms. The van der Waals surface area contributed by atoms with Gasteiger partial charge in [0.1, 0.15) is 17.4 Å². The first-order chi connectivity index (χ1) is 21.8. The first-order valence-electron chi connectivity index (χ1n) is 14.3. The van der Waals surface area contributed by atoms with Gasteiger partial charge in [-0.25, -0.2) is 14.8 Å². The lowest BCUT2D eigenvalue weighted by molar-refractivity contribution is -0.144. The van der Waals surface area contributed by atoms with Gasteiger partial charge in [0.25, 0.3) is 0 Å². The number of fused-ring (bicyclic) bond motifs is 3. The maximum Gasteiger partial charge on any atom is 0.451 e. The smallest absolute Gasteiger partial charge is 0.450 e. The van der Waals surface area contributed by atoms with Crippen LogP contribution in [0, 0.1) is 0 Å². The Labute approximate surface area is 257 Å². The first-order valence-corrected chi connectivity index (χ1v) is 14.3. The Bertz CT molecular complexity index is 1760. The molecule has 0 unspecified atom stereocenters. The van der Waals surface area contributed by atoms with E-state index in [9.17, 15) is 22.8 Å². The van der Waals surface area contributed by atoms with Gasteiger partial charge in [-0.2, -0.15) is 13.2 Å². The Morgan fingerprint density at radius 3 is 2.40 bits per heavy atom. The molecule has 2 fully saturated rings. The number of alkyl halides is 3. The van der Waals surface area contributed by atoms with E-state index in [2.05, 4.69) is 21.5 Å². The summed E-state index contributed by atoms with van der Waals surface area (Å²) >= 11 is 0. The summed E-state index contributed by atoms with van der Waals surface area (Å²) in [5.41, 5.74) is 0.680. The number of hydrogen-bond acceptors (Lipinski definition) is 9. The van der Waals surface area contributed by atoms with Crippen molar-refractivity contribution < 1.29 is 37.3 Å². The number of hydrogen-bond donors (Lipinski definition) is 3. The third-order valence-electron chi connectivity index (χ3n) is 7.29. The molecule has 0 aliphatic carbocycles. The molecular weight excluding hydrogens is 595 g/mol. The van der Waals surface area contributed by atoms with Crippen molar-refractivity contribution in [2.24, 2.45) is 0 Å². The third-order valence-corrected chi connectivity index (χ3v) is 7.29. The van der Waals surface area contributed by atoms with E-state index < -0.39 is 18.0 Å².